The fourth-order valence-electron chi connectivity index (χ4n) is 0. The standard InChI is InChI=1S/Ce.Cu.Fe.Ni. The van der Waals surface area contributed by atoms with Crippen molar-refractivity contribution in [3.05, 3.63) is 0 Å². The van der Waals surface area contributed by atoms with Crippen LogP contribution >= 0.6 is 0 Å². The van der Waals surface area contributed by atoms with Crippen molar-refractivity contribution in [2.45, 2.75) is 0 Å². The number of hydrogen-bond acceptors (Lipinski definition) is 0. The molecule has 4 heteroatoms. The van der Waals surface area contributed by atoms with Crippen molar-refractivity contribution >= 4 is 0 Å². The predicted molar refractivity (Wildman–Crippen MR) is 0 cm³/mol. The van der Waals surface area contributed by atoms with E-state index in [2.05, 4.69) is 0 Å². The Balaban J connectivity index is 0. The molecule has 4 heavy (non-hydrogen) atoms. The van der Waals surface area contributed by atoms with Crippen molar-refractivity contribution in [3.8, 4) is 0 Å². The summed E-state index contributed by atoms with van der Waals surface area (Å²) in [6, 6.07) is 0. The Kier molecular flexibility index (Phi) is 120. The minimum Gasteiger partial charge on any atom is 0 e. The minimum absolute atomic E-state index is 0. The van der Waals surface area contributed by atoms with Crippen LogP contribution in [-0.2, 0) is 50.6 Å². The van der Waals surface area contributed by atoms with Crippen LogP contribution in [0.2, 0.25) is 0 Å². The molecule has 0 nitrogen and oxygen atoms in total. The van der Waals surface area contributed by atoms with Crippen molar-refractivity contribution in [3.63, 3.8) is 0 Å². The summed E-state index contributed by atoms with van der Waals surface area (Å²) in [4.78, 5) is 0. The van der Waals surface area contributed by atoms with Crippen LogP contribution in [0.3, 0.4) is 0 Å². The quantitative estimate of drug-likeness (QED) is 0.551. The van der Waals surface area contributed by atoms with Crippen molar-refractivity contribution in [2.75, 3.05) is 0 Å². The molecule has 0 bridgehead atoms. The molecule has 0 unspecified atom stereocenters. The van der Waals surface area contributed by atoms with Gasteiger partial charge < -0.3 is 0 Å². The van der Waals surface area contributed by atoms with E-state index in [1.54, 1.807) is 0 Å². The van der Waals surface area contributed by atoms with Crippen LogP contribution in [0.15, 0.2) is 0 Å². The van der Waals surface area contributed by atoms with Crippen molar-refractivity contribution < 1.29 is 92.4 Å². The average Bonchev–Trinajstić information content (AvgIpc) is 0. The Labute approximate surface area is 90.5 Å². The van der Waals surface area contributed by atoms with E-state index in [9.17, 15) is 0 Å². The van der Waals surface area contributed by atoms with E-state index in [-0.39, 0.29) is 92.4 Å². The maximum absolute atomic E-state index is 0. The van der Waals surface area contributed by atoms with E-state index < -0.39 is 0 Å². The number of rotatable bonds is 0. The topological polar surface area (TPSA) is 0 Å². The van der Waals surface area contributed by atoms with E-state index >= 15 is 0 Å². The van der Waals surface area contributed by atoms with Gasteiger partial charge in [0.25, 0.3) is 0 Å². The van der Waals surface area contributed by atoms with Crippen LogP contribution in [-0.4, -0.2) is 0 Å². The molecule has 0 amide bonds. The first-order valence-corrected chi connectivity index (χ1v) is 0. The monoisotopic (exact) mass is 317 g/mol. The molecule has 0 rings (SSSR count). The number of hydrogen-bond donors (Lipinski definition) is 0. The van der Waals surface area contributed by atoms with Crippen LogP contribution < -0.4 is 0 Å². The van der Waals surface area contributed by atoms with E-state index in [0.717, 1.165) is 0 Å². The molecule has 0 N–H and O–H groups in total. The summed E-state index contributed by atoms with van der Waals surface area (Å²) in [5.74, 6) is 0. The van der Waals surface area contributed by atoms with Gasteiger partial charge in [-0.05, 0) is 0 Å². The van der Waals surface area contributed by atoms with Gasteiger partial charge >= 0.3 is 0 Å². The van der Waals surface area contributed by atoms with Gasteiger partial charge in [0.1, 0.15) is 0 Å². The Bertz CT molecular complexity index is 8.00. The van der Waals surface area contributed by atoms with Crippen LogP contribution in [0.1, 0.15) is 0 Å². The van der Waals surface area contributed by atoms with Gasteiger partial charge in [-0.25, -0.2) is 0 Å². The Morgan fingerprint density at radius 3 is 1.00 bits per heavy atom. The molecule has 1 radical (unpaired) electrons. The molecular formula is CeCuFeNi. The van der Waals surface area contributed by atoms with Crippen molar-refractivity contribution in [1.82, 2.24) is 0 Å². The van der Waals surface area contributed by atoms with Crippen molar-refractivity contribution in [1.29, 1.82) is 0 Å². The van der Waals surface area contributed by atoms with Crippen LogP contribution in [0, 0.1) is 41.7 Å². The Hall–Kier alpha value is 2.91. The molecule has 0 aliphatic rings. The van der Waals surface area contributed by atoms with Gasteiger partial charge in [0.05, 0.1) is 0 Å². The third-order valence-electron chi connectivity index (χ3n) is 0. The molecule has 0 aromatic heterocycles. The summed E-state index contributed by atoms with van der Waals surface area (Å²) >= 11 is 0. The zero-order valence-corrected chi connectivity index (χ0v) is 7.64. The van der Waals surface area contributed by atoms with Crippen molar-refractivity contribution in [2.24, 2.45) is 0 Å². The van der Waals surface area contributed by atoms with E-state index in [1.165, 1.54) is 0 Å². The van der Waals surface area contributed by atoms with Gasteiger partial charge in [0.15, 0.2) is 0 Å². The molecule has 0 aliphatic carbocycles. The molecule has 0 saturated carbocycles. The first-order chi connectivity index (χ1) is 0. The third-order valence-corrected chi connectivity index (χ3v) is 0. The summed E-state index contributed by atoms with van der Waals surface area (Å²) in [5.41, 5.74) is 0. The molecule has 0 aliphatic heterocycles. The molecule has 0 aromatic carbocycles. The van der Waals surface area contributed by atoms with Crippen LogP contribution in [0.4, 0.5) is 0 Å². The Morgan fingerprint density at radius 2 is 1.00 bits per heavy atom. The summed E-state index contributed by atoms with van der Waals surface area (Å²) in [6.07, 6.45) is 0. The minimum atomic E-state index is 0. The molecule has 33 valence electrons. The second-order valence-electron chi connectivity index (χ2n) is 0. The van der Waals surface area contributed by atoms with Gasteiger partial charge in [-0.15, -0.1) is 0 Å². The van der Waals surface area contributed by atoms with E-state index in [0.29, 0.717) is 0 Å². The SMILES string of the molecule is [Ce].[Cu].[Fe].[Ni]. The van der Waals surface area contributed by atoms with Crippen LogP contribution in [0.5, 0.6) is 0 Å². The smallest absolute Gasteiger partial charge is 0 e. The molecule has 0 spiro atoms. The molecular weight excluding hydrogens is 318 g/mol. The average molecular weight is 318 g/mol. The van der Waals surface area contributed by atoms with Gasteiger partial charge in [-0.1, -0.05) is 0 Å². The van der Waals surface area contributed by atoms with Gasteiger partial charge in [0, 0.05) is 92.4 Å². The first-order valence-electron chi connectivity index (χ1n) is 0. The summed E-state index contributed by atoms with van der Waals surface area (Å²) < 4.78 is 0. The fourth-order valence-corrected chi connectivity index (χ4v) is 0. The maximum Gasteiger partial charge on any atom is 0 e. The van der Waals surface area contributed by atoms with Gasteiger partial charge in [-0.2, -0.15) is 0 Å². The maximum atomic E-state index is 0. The molecule has 0 saturated heterocycles. The zero-order valence-electron chi connectivity index (χ0n) is 1.47. The zero-order chi connectivity index (χ0) is 0. The third kappa shape index (κ3) is 8.86. The van der Waals surface area contributed by atoms with E-state index in [4.69, 9.17) is 0 Å². The van der Waals surface area contributed by atoms with Gasteiger partial charge in [-0.3, -0.25) is 0 Å². The largest absolute Gasteiger partial charge is 0 e. The van der Waals surface area contributed by atoms with E-state index in [1.807, 2.05) is 0 Å². The molecule has 0 atom stereocenters. The second kappa shape index (κ2) is 16.8. The Morgan fingerprint density at radius 1 is 1.00 bits per heavy atom. The first kappa shape index (κ1) is 28.5. The summed E-state index contributed by atoms with van der Waals surface area (Å²) in [7, 11) is 0. The predicted octanol–water partition coefficient (Wildman–Crippen LogP) is -0.00750. The summed E-state index contributed by atoms with van der Waals surface area (Å²) in [5, 5.41) is 0. The summed E-state index contributed by atoms with van der Waals surface area (Å²) in [6.45, 7) is 0. The fraction of sp³-hybridized carbons (Fsp3) is 0. The van der Waals surface area contributed by atoms with Gasteiger partial charge in [0.2, 0.25) is 0 Å². The normalized spacial score (nSPS) is 0. The van der Waals surface area contributed by atoms with Crippen LogP contribution in [0.25, 0.3) is 0 Å². The molecule has 0 fully saturated rings. The molecule has 0 heterocycles. The molecule has 0 aromatic rings. The second-order valence-corrected chi connectivity index (χ2v) is 0.